The molecule has 0 bridgehead atoms. The first-order chi connectivity index (χ1) is 20.2. The van der Waals surface area contributed by atoms with Gasteiger partial charge in [0.25, 0.3) is 0 Å². The van der Waals surface area contributed by atoms with E-state index in [1.807, 2.05) is 12.1 Å². The largest absolute Gasteiger partial charge is 0.309 e. The van der Waals surface area contributed by atoms with Gasteiger partial charge in [0, 0.05) is 32.9 Å². The second-order valence-electron chi connectivity index (χ2n) is 10.7. The molecule has 6 aromatic carbocycles. The number of nitriles is 1. The van der Waals surface area contributed by atoms with Crippen molar-refractivity contribution < 1.29 is 0 Å². The van der Waals surface area contributed by atoms with Crippen molar-refractivity contribution in [1.29, 1.82) is 5.26 Å². The van der Waals surface area contributed by atoms with Crippen LogP contribution in [-0.4, -0.2) is 9.13 Å². The highest BCUT2D eigenvalue weighted by atomic mass is 15.0. The second-order valence-corrected chi connectivity index (χ2v) is 10.7. The van der Waals surface area contributed by atoms with E-state index >= 15 is 0 Å². The lowest BCUT2D eigenvalue weighted by Gasteiger charge is -2.13. The molecule has 0 aliphatic rings. The smallest absolute Gasteiger partial charge is 0.0992 e. The maximum atomic E-state index is 10.1. The normalized spacial score (nSPS) is 11.5. The van der Waals surface area contributed by atoms with Crippen molar-refractivity contribution in [2.24, 2.45) is 0 Å². The molecule has 0 saturated carbocycles. The number of para-hydroxylation sites is 3. The van der Waals surface area contributed by atoms with Crippen molar-refractivity contribution in [2.45, 2.75) is 6.92 Å². The SMILES string of the molecule is Cc1ccc2c(c1)c1ccccc1n2-c1cc(C#N)cc(-c2cccc(-n3c4ccccc4c4ccccc43)c2)c1. The van der Waals surface area contributed by atoms with Crippen LogP contribution in [0, 0.1) is 18.3 Å². The molecule has 2 aromatic heterocycles. The van der Waals surface area contributed by atoms with Crippen molar-refractivity contribution >= 4 is 43.6 Å². The number of nitrogens with zero attached hydrogens (tertiary/aromatic N) is 3. The van der Waals surface area contributed by atoms with Gasteiger partial charge in [-0.3, -0.25) is 0 Å². The first-order valence-electron chi connectivity index (χ1n) is 13.8. The van der Waals surface area contributed by atoms with E-state index in [0.717, 1.165) is 33.5 Å². The second kappa shape index (κ2) is 8.98. The summed E-state index contributed by atoms with van der Waals surface area (Å²) in [6.45, 7) is 2.13. The molecule has 0 radical (unpaired) electrons. The molecular formula is C38H25N3. The highest BCUT2D eigenvalue weighted by molar-refractivity contribution is 6.10. The first kappa shape index (κ1) is 23.3. The lowest BCUT2D eigenvalue weighted by atomic mass is 10.0. The lowest BCUT2D eigenvalue weighted by molar-refractivity contribution is 1.17. The molecule has 8 rings (SSSR count). The molecule has 0 unspecified atom stereocenters. The third kappa shape index (κ3) is 3.58. The Morgan fingerprint density at radius 2 is 1.02 bits per heavy atom. The van der Waals surface area contributed by atoms with E-state index in [1.54, 1.807) is 0 Å². The number of aryl methyl sites for hydroxylation is 1. The molecule has 0 amide bonds. The molecule has 3 nitrogen and oxygen atoms in total. The molecule has 41 heavy (non-hydrogen) atoms. The predicted octanol–water partition coefficient (Wildman–Crippen LogP) is 9.73. The van der Waals surface area contributed by atoms with Crippen molar-refractivity contribution in [3.05, 3.63) is 145 Å². The molecular weight excluding hydrogens is 498 g/mol. The van der Waals surface area contributed by atoms with Crippen LogP contribution in [-0.2, 0) is 0 Å². The monoisotopic (exact) mass is 523 g/mol. The van der Waals surface area contributed by atoms with Crippen LogP contribution in [0.2, 0.25) is 0 Å². The zero-order chi connectivity index (χ0) is 27.5. The topological polar surface area (TPSA) is 33.6 Å². The van der Waals surface area contributed by atoms with E-state index in [2.05, 4.69) is 143 Å². The van der Waals surface area contributed by atoms with Gasteiger partial charge in [0.2, 0.25) is 0 Å². The van der Waals surface area contributed by atoms with Gasteiger partial charge < -0.3 is 9.13 Å². The Kier molecular flexibility index (Phi) is 5.10. The molecule has 0 saturated heterocycles. The van der Waals surface area contributed by atoms with E-state index in [1.165, 1.54) is 38.1 Å². The lowest BCUT2D eigenvalue weighted by Crippen LogP contribution is -1.97. The van der Waals surface area contributed by atoms with Gasteiger partial charge in [0.15, 0.2) is 0 Å². The van der Waals surface area contributed by atoms with Crippen molar-refractivity contribution in [3.63, 3.8) is 0 Å². The average molecular weight is 524 g/mol. The molecule has 0 aliphatic heterocycles. The average Bonchev–Trinajstić information content (AvgIpc) is 3.53. The molecule has 0 spiro atoms. The highest BCUT2D eigenvalue weighted by Gasteiger charge is 2.15. The maximum Gasteiger partial charge on any atom is 0.0992 e. The van der Waals surface area contributed by atoms with Crippen LogP contribution < -0.4 is 0 Å². The van der Waals surface area contributed by atoms with Crippen LogP contribution in [0.15, 0.2) is 133 Å². The molecule has 8 aromatic rings. The van der Waals surface area contributed by atoms with Crippen LogP contribution >= 0.6 is 0 Å². The Morgan fingerprint density at radius 3 is 1.68 bits per heavy atom. The summed E-state index contributed by atoms with van der Waals surface area (Å²) in [5.41, 5.74) is 10.7. The van der Waals surface area contributed by atoms with Gasteiger partial charge in [-0.1, -0.05) is 78.4 Å². The Labute approximate surface area is 237 Å². The summed E-state index contributed by atoms with van der Waals surface area (Å²) in [5.74, 6) is 0. The number of benzene rings is 6. The van der Waals surface area contributed by atoms with Gasteiger partial charge >= 0.3 is 0 Å². The Bertz CT molecular complexity index is 2290. The summed E-state index contributed by atoms with van der Waals surface area (Å²) in [5, 5.41) is 15.0. The van der Waals surface area contributed by atoms with E-state index in [4.69, 9.17) is 0 Å². The molecule has 2 heterocycles. The third-order valence-corrected chi connectivity index (χ3v) is 8.15. The number of aromatic nitrogens is 2. The van der Waals surface area contributed by atoms with E-state index in [-0.39, 0.29) is 0 Å². The molecule has 0 aliphatic carbocycles. The molecule has 0 N–H and O–H groups in total. The van der Waals surface area contributed by atoms with E-state index in [9.17, 15) is 5.26 Å². The Hall–Kier alpha value is -5.59. The quantitative estimate of drug-likeness (QED) is 0.227. The number of hydrogen-bond acceptors (Lipinski definition) is 1. The van der Waals surface area contributed by atoms with Crippen molar-refractivity contribution in [3.8, 4) is 28.6 Å². The Balaban J connectivity index is 1.35. The standard InChI is InChI=1S/C38H25N3/c1-25-17-18-38-34(19-25)33-13-4-7-16-37(33)41(38)30-21-26(24-39)20-28(23-30)27-9-8-10-29(22-27)40-35-14-5-2-11-31(35)32-12-3-6-15-36(32)40/h2-23H,1H3. The molecule has 192 valence electrons. The fourth-order valence-electron chi connectivity index (χ4n) is 6.36. The minimum Gasteiger partial charge on any atom is -0.309 e. The fourth-order valence-corrected chi connectivity index (χ4v) is 6.36. The van der Waals surface area contributed by atoms with Crippen LogP contribution in [0.3, 0.4) is 0 Å². The van der Waals surface area contributed by atoms with E-state index in [0.29, 0.717) is 5.56 Å². The summed E-state index contributed by atoms with van der Waals surface area (Å²) >= 11 is 0. The molecule has 3 heteroatoms. The molecule has 0 atom stereocenters. The van der Waals surface area contributed by atoms with Crippen molar-refractivity contribution in [1.82, 2.24) is 9.13 Å². The summed E-state index contributed by atoms with van der Waals surface area (Å²) in [6, 6.07) is 49.5. The first-order valence-corrected chi connectivity index (χ1v) is 13.8. The number of fused-ring (bicyclic) bond motifs is 6. The summed E-state index contributed by atoms with van der Waals surface area (Å²) in [6.07, 6.45) is 0. The zero-order valence-electron chi connectivity index (χ0n) is 22.5. The van der Waals surface area contributed by atoms with Gasteiger partial charge in [-0.15, -0.1) is 0 Å². The number of hydrogen-bond donors (Lipinski definition) is 0. The minimum atomic E-state index is 0.637. The zero-order valence-corrected chi connectivity index (χ0v) is 22.5. The number of rotatable bonds is 3. The molecule has 0 fully saturated rings. The van der Waals surface area contributed by atoms with E-state index < -0.39 is 0 Å². The highest BCUT2D eigenvalue weighted by Crippen LogP contribution is 2.36. The van der Waals surface area contributed by atoms with Gasteiger partial charge in [0.1, 0.15) is 0 Å². The van der Waals surface area contributed by atoms with Crippen LogP contribution in [0.4, 0.5) is 0 Å². The summed E-state index contributed by atoms with van der Waals surface area (Å²) in [7, 11) is 0. The van der Waals surface area contributed by atoms with Crippen LogP contribution in [0.25, 0.3) is 66.1 Å². The summed E-state index contributed by atoms with van der Waals surface area (Å²) < 4.78 is 4.61. The van der Waals surface area contributed by atoms with Crippen LogP contribution in [0.5, 0.6) is 0 Å². The van der Waals surface area contributed by atoms with Gasteiger partial charge in [-0.2, -0.15) is 5.26 Å². The van der Waals surface area contributed by atoms with Crippen molar-refractivity contribution in [2.75, 3.05) is 0 Å². The maximum absolute atomic E-state index is 10.1. The Morgan fingerprint density at radius 1 is 0.463 bits per heavy atom. The summed E-state index contributed by atoms with van der Waals surface area (Å²) in [4.78, 5) is 0. The third-order valence-electron chi connectivity index (χ3n) is 8.15. The van der Waals surface area contributed by atoms with Crippen LogP contribution in [0.1, 0.15) is 11.1 Å². The predicted molar refractivity (Wildman–Crippen MR) is 170 cm³/mol. The van der Waals surface area contributed by atoms with Gasteiger partial charge in [-0.25, -0.2) is 0 Å². The fraction of sp³-hybridized carbons (Fsp3) is 0.0263. The van der Waals surface area contributed by atoms with Gasteiger partial charge in [-0.05, 0) is 78.7 Å². The van der Waals surface area contributed by atoms with Gasteiger partial charge in [0.05, 0.1) is 33.7 Å². The minimum absolute atomic E-state index is 0.637.